The molecule has 7 heteroatoms. The Morgan fingerprint density at radius 1 is 1.19 bits per heavy atom. The van der Waals surface area contributed by atoms with E-state index in [0.717, 1.165) is 49.9 Å². The maximum absolute atomic E-state index is 12.9. The third kappa shape index (κ3) is 3.94. The Balaban J connectivity index is 1.54. The molecule has 4 rings (SSSR count). The molecule has 0 spiro atoms. The first kappa shape index (κ1) is 18.3. The van der Waals surface area contributed by atoms with E-state index < -0.39 is 10.0 Å². The fourth-order valence-electron chi connectivity index (χ4n) is 3.62. The molecule has 1 aliphatic heterocycles. The molecule has 1 saturated heterocycles. The van der Waals surface area contributed by atoms with Gasteiger partial charge in [-0.05, 0) is 50.2 Å². The van der Waals surface area contributed by atoms with E-state index in [-0.39, 0.29) is 16.8 Å². The topological polar surface area (TPSA) is 82.3 Å². The summed E-state index contributed by atoms with van der Waals surface area (Å²) in [5, 5.41) is 0. The predicted octanol–water partition coefficient (Wildman–Crippen LogP) is 2.99. The van der Waals surface area contributed by atoms with Gasteiger partial charge in [0.15, 0.2) is 0 Å². The quantitative estimate of drug-likeness (QED) is 0.799. The van der Waals surface area contributed by atoms with Gasteiger partial charge in [-0.1, -0.05) is 29.8 Å². The lowest BCUT2D eigenvalue weighted by molar-refractivity contribution is 0.0787. The van der Waals surface area contributed by atoms with Gasteiger partial charge in [0.2, 0.25) is 10.0 Å². The second kappa shape index (κ2) is 7.13. The number of benzene rings is 1. The van der Waals surface area contributed by atoms with Crippen LogP contribution in [0.2, 0.25) is 0 Å². The Kier molecular flexibility index (Phi) is 4.82. The molecule has 6 nitrogen and oxygen atoms in total. The molecule has 144 valence electrons. The van der Waals surface area contributed by atoms with E-state index in [4.69, 9.17) is 0 Å². The zero-order valence-electron chi connectivity index (χ0n) is 15.4. The average Bonchev–Trinajstić information content (AvgIpc) is 3.13. The van der Waals surface area contributed by atoms with Crippen LogP contribution in [0.25, 0.3) is 0 Å². The zero-order valence-corrected chi connectivity index (χ0v) is 16.3. The zero-order chi connectivity index (χ0) is 19.0. The van der Waals surface area contributed by atoms with Crippen LogP contribution in [0.1, 0.15) is 53.3 Å². The highest BCUT2D eigenvalue weighted by Crippen LogP contribution is 2.41. The third-order valence-corrected chi connectivity index (χ3v) is 6.82. The Hall–Kier alpha value is -2.12. The summed E-state index contributed by atoms with van der Waals surface area (Å²) in [6.07, 6.45) is 5.45. The van der Waals surface area contributed by atoms with Gasteiger partial charge < -0.3 is 9.88 Å². The molecule has 1 atom stereocenters. The van der Waals surface area contributed by atoms with Crippen molar-refractivity contribution < 1.29 is 13.2 Å². The maximum atomic E-state index is 12.9. The molecule has 1 aliphatic carbocycles. The second-order valence-corrected chi connectivity index (χ2v) is 9.31. The molecule has 2 N–H and O–H groups in total. The standard InChI is InChI=1S/C20H25N3O3S/c1-14-4-6-15(7-5-14)19(16-8-9-16)22-27(25,26)17-12-18(21-13-17)20(24)23-10-2-3-11-23/h4-7,12-13,16,19,21-22H,2-3,8-11H2,1H3. The lowest BCUT2D eigenvalue weighted by Crippen LogP contribution is -2.30. The van der Waals surface area contributed by atoms with Crippen molar-refractivity contribution in [3.05, 3.63) is 53.3 Å². The number of carbonyl (C=O) groups excluding carboxylic acids is 1. The number of hydrogen-bond donors (Lipinski definition) is 2. The minimum Gasteiger partial charge on any atom is -0.356 e. The third-order valence-electron chi connectivity index (χ3n) is 5.40. The van der Waals surface area contributed by atoms with Crippen LogP contribution < -0.4 is 4.72 Å². The number of nitrogens with one attached hydrogen (secondary N) is 2. The van der Waals surface area contributed by atoms with Crippen molar-refractivity contribution in [3.8, 4) is 0 Å². The monoisotopic (exact) mass is 387 g/mol. The highest BCUT2D eigenvalue weighted by Gasteiger charge is 2.36. The second-order valence-electron chi connectivity index (χ2n) is 7.60. The largest absolute Gasteiger partial charge is 0.356 e. The molecule has 2 fully saturated rings. The smallest absolute Gasteiger partial charge is 0.270 e. The van der Waals surface area contributed by atoms with Gasteiger partial charge in [0.25, 0.3) is 5.91 Å². The van der Waals surface area contributed by atoms with Crippen molar-refractivity contribution in [2.45, 2.75) is 43.5 Å². The van der Waals surface area contributed by atoms with Crippen LogP contribution in [0.5, 0.6) is 0 Å². The Labute approximate surface area is 160 Å². The van der Waals surface area contributed by atoms with Gasteiger partial charge >= 0.3 is 0 Å². The maximum Gasteiger partial charge on any atom is 0.270 e. The van der Waals surface area contributed by atoms with Crippen LogP contribution in [0.4, 0.5) is 0 Å². The van der Waals surface area contributed by atoms with Crippen LogP contribution >= 0.6 is 0 Å². The number of aromatic amines is 1. The fourth-order valence-corrected chi connectivity index (χ4v) is 4.90. The summed E-state index contributed by atoms with van der Waals surface area (Å²) in [5.74, 6) is 0.193. The lowest BCUT2D eigenvalue weighted by Gasteiger charge is -2.18. The molecule has 2 aliphatic rings. The van der Waals surface area contributed by atoms with Crippen LogP contribution in [-0.4, -0.2) is 37.3 Å². The summed E-state index contributed by atoms with van der Waals surface area (Å²) in [7, 11) is -3.71. The fraction of sp³-hybridized carbons (Fsp3) is 0.450. The number of aromatic nitrogens is 1. The van der Waals surface area contributed by atoms with E-state index in [9.17, 15) is 13.2 Å². The molecule has 1 aromatic carbocycles. The molecule has 1 aromatic heterocycles. The van der Waals surface area contributed by atoms with Crippen LogP contribution in [0, 0.1) is 12.8 Å². The lowest BCUT2D eigenvalue weighted by atomic mass is 10.0. The number of nitrogens with zero attached hydrogens (tertiary/aromatic N) is 1. The SMILES string of the molecule is Cc1ccc(C(NS(=O)(=O)c2c[nH]c(C(=O)N3CCCC3)c2)C2CC2)cc1. The first-order valence-electron chi connectivity index (χ1n) is 9.51. The molecule has 0 bridgehead atoms. The first-order chi connectivity index (χ1) is 12.9. The minimum atomic E-state index is -3.71. The van der Waals surface area contributed by atoms with Gasteiger partial charge in [-0.15, -0.1) is 0 Å². The number of carbonyl (C=O) groups is 1. The van der Waals surface area contributed by atoms with E-state index in [2.05, 4.69) is 9.71 Å². The Bertz CT molecular complexity index is 924. The van der Waals surface area contributed by atoms with Gasteiger partial charge in [-0.3, -0.25) is 4.79 Å². The average molecular weight is 388 g/mol. The summed E-state index contributed by atoms with van der Waals surface area (Å²) >= 11 is 0. The van der Waals surface area contributed by atoms with Gasteiger partial charge in [-0.2, -0.15) is 0 Å². The van der Waals surface area contributed by atoms with Gasteiger partial charge in [0.1, 0.15) is 10.6 Å². The van der Waals surface area contributed by atoms with Crippen molar-refractivity contribution in [2.24, 2.45) is 5.92 Å². The Morgan fingerprint density at radius 3 is 2.48 bits per heavy atom. The highest BCUT2D eigenvalue weighted by atomic mass is 32.2. The number of H-pyrrole nitrogens is 1. The number of rotatable bonds is 6. The summed E-state index contributed by atoms with van der Waals surface area (Å²) < 4.78 is 28.7. The Morgan fingerprint density at radius 2 is 1.85 bits per heavy atom. The number of aryl methyl sites for hydroxylation is 1. The molecule has 27 heavy (non-hydrogen) atoms. The first-order valence-corrected chi connectivity index (χ1v) is 11.0. The van der Waals surface area contributed by atoms with E-state index in [1.807, 2.05) is 31.2 Å². The molecule has 1 unspecified atom stereocenters. The van der Waals surface area contributed by atoms with Crippen LogP contribution in [0.3, 0.4) is 0 Å². The van der Waals surface area contributed by atoms with E-state index in [1.54, 1.807) is 4.90 Å². The molecular formula is C20H25N3O3S. The molecule has 1 saturated carbocycles. The van der Waals surface area contributed by atoms with Crippen molar-refractivity contribution in [3.63, 3.8) is 0 Å². The number of sulfonamides is 1. The molecule has 1 amide bonds. The summed E-state index contributed by atoms with van der Waals surface area (Å²) in [4.78, 5) is 17.2. The predicted molar refractivity (Wildman–Crippen MR) is 103 cm³/mol. The minimum absolute atomic E-state index is 0.114. The van der Waals surface area contributed by atoms with Crippen molar-refractivity contribution in [2.75, 3.05) is 13.1 Å². The van der Waals surface area contributed by atoms with Crippen LogP contribution in [-0.2, 0) is 10.0 Å². The van der Waals surface area contributed by atoms with E-state index >= 15 is 0 Å². The summed E-state index contributed by atoms with van der Waals surface area (Å²) in [6.45, 7) is 3.48. The molecule has 0 radical (unpaired) electrons. The van der Waals surface area contributed by atoms with Crippen molar-refractivity contribution in [1.29, 1.82) is 0 Å². The summed E-state index contributed by atoms with van der Waals surface area (Å²) in [5.41, 5.74) is 2.46. The van der Waals surface area contributed by atoms with E-state index in [1.165, 1.54) is 12.3 Å². The summed E-state index contributed by atoms with van der Waals surface area (Å²) in [6, 6.07) is 9.19. The number of amides is 1. The van der Waals surface area contributed by atoms with Gasteiger partial charge in [0.05, 0.1) is 0 Å². The van der Waals surface area contributed by atoms with E-state index in [0.29, 0.717) is 11.6 Å². The number of hydrogen-bond acceptors (Lipinski definition) is 3. The van der Waals surface area contributed by atoms with Gasteiger partial charge in [0, 0.05) is 25.3 Å². The number of likely N-dealkylation sites (tertiary alicyclic amines) is 1. The van der Waals surface area contributed by atoms with Crippen LogP contribution in [0.15, 0.2) is 41.4 Å². The molecule has 2 heterocycles. The molecule has 2 aromatic rings. The van der Waals surface area contributed by atoms with Crippen molar-refractivity contribution in [1.82, 2.24) is 14.6 Å². The normalized spacial score (nSPS) is 18.6. The van der Waals surface area contributed by atoms with Crippen molar-refractivity contribution >= 4 is 15.9 Å². The highest BCUT2D eigenvalue weighted by molar-refractivity contribution is 7.89. The van der Waals surface area contributed by atoms with Gasteiger partial charge in [-0.25, -0.2) is 13.1 Å². The molecular weight excluding hydrogens is 362 g/mol.